The molecule has 0 unspecified atom stereocenters. The molecule has 3 aromatic rings. The van der Waals surface area contributed by atoms with Crippen LogP contribution < -0.4 is 19.5 Å². The van der Waals surface area contributed by atoms with Gasteiger partial charge < -0.3 is 19.5 Å². The quantitative estimate of drug-likeness (QED) is 0.628. The van der Waals surface area contributed by atoms with Crippen molar-refractivity contribution >= 4 is 17.3 Å². The van der Waals surface area contributed by atoms with Crippen molar-refractivity contribution in [1.29, 1.82) is 0 Å². The van der Waals surface area contributed by atoms with Gasteiger partial charge in [0.05, 0.1) is 0 Å². The molecule has 5 heteroatoms. The fraction of sp³-hybridized carbons (Fsp3) is 0.182. The summed E-state index contributed by atoms with van der Waals surface area (Å²) in [5, 5.41) is 4.13. The van der Waals surface area contributed by atoms with Crippen molar-refractivity contribution in [3.63, 3.8) is 0 Å². The number of nitrogens with one attached hydrogen (secondary N) is 1. The van der Waals surface area contributed by atoms with E-state index in [-0.39, 0.29) is 0 Å². The number of para-hydroxylation sites is 1. The first kappa shape index (κ1) is 17.6. The highest BCUT2D eigenvalue weighted by atomic mass is 35.5. The number of fused-ring (bicyclic) bond motifs is 1. The number of ether oxygens (including phenoxy) is 3. The van der Waals surface area contributed by atoms with E-state index in [9.17, 15) is 0 Å². The molecule has 0 aromatic heterocycles. The summed E-state index contributed by atoms with van der Waals surface area (Å²) in [4.78, 5) is 0. The molecule has 1 heterocycles. The second-order valence-corrected chi connectivity index (χ2v) is 6.61. The molecule has 0 bridgehead atoms. The Labute approximate surface area is 163 Å². The number of halogens is 1. The number of hydrogen-bond donors (Lipinski definition) is 1. The van der Waals surface area contributed by atoms with Gasteiger partial charge in [-0.05, 0) is 24.3 Å². The van der Waals surface area contributed by atoms with Gasteiger partial charge in [0.25, 0.3) is 0 Å². The molecule has 0 atom stereocenters. The van der Waals surface area contributed by atoms with Crippen LogP contribution in [-0.4, -0.2) is 13.2 Å². The van der Waals surface area contributed by atoms with Crippen LogP contribution in [0.2, 0.25) is 5.02 Å². The molecule has 1 aliphatic rings. The van der Waals surface area contributed by atoms with Gasteiger partial charge in [0.2, 0.25) is 0 Å². The molecule has 0 spiro atoms. The van der Waals surface area contributed by atoms with E-state index in [1.54, 1.807) is 0 Å². The molecule has 4 nitrogen and oxygen atoms in total. The van der Waals surface area contributed by atoms with Crippen LogP contribution in [0.25, 0.3) is 0 Å². The van der Waals surface area contributed by atoms with Crippen LogP contribution in [0.15, 0.2) is 66.7 Å². The van der Waals surface area contributed by atoms with Crippen LogP contribution in [0.5, 0.6) is 17.2 Å². The summed E-state index contributed by atoms with van der Waals surface area (Å²) >= 11 is 6.22. The highest BCUT2D eigenvalue weighted by Gasteiger charge is 2.12. The summed E-state index contributed by atoms with van der Waals surface area (Å²) in [5.41, 5.74) is 3.01. The Morgan fingerprint density at radius 3 is 2.44 bits per heavy atom. The average molecular weight is 382 g/mol. The minimum Gasteiger partial charge on any atom is -0.488 e. The lowest BCUT2D eigenvalue weighted by Gasteiger charge is -2.19. The van der Waals surface area contributed by atoms with E-state index in [1.165, 1.54) is 0 Å². The molecule has 1 N–H and O–H groups in total. The molecular weight excluding hydrogens is 362 g/mol. The third-order valence-corrected chi connectivity index (χ3v) is 4.71. The molecule has 0 saturated carbocycles. The third-order valence-electron chi connectivity index (χ3n) is 4.34. The van der Waals surface area contributed by atoms with Crippen molar-refractivity contribution in [1.82, 2.24) is 0 Å². The largest absolute Gasteiger partial charge is 0.488 e. The Bertz CT molecular complexity index is 929. The minimum atomic E-state index is 0.431. The van der Waals surface area contributed by atoms with Crippen molar-refractivity contribution in [2.75, 3.05) is 18.5 Å². The maximum absolute atomic E-state index is 6.22. The lowest BCUT2D eigenvalue weighted by atomic mass is 10.2. The van der Waals surface area contributed by atoms with Gasteiger partial charge in [-0.3, -0.25) is 0 Å². The summed E-state index contributed by atoms with van der Waals surface area (Å²) in [6.07, 6.45) is 0. The molecule has 1 aliphatic heterocycles. The van der Waals surface area contributed by atoms with Crippen molar-refractivity contribution in [2.45, 2.75) is 13.2 Å². The summed E-state index contributed by atoms with van der Waals surface area (Å²) < 4.78 is 17.2. The monoisotopic (exact) mass is 381 g/mol. The summed E-state index contributed by atoms with van der Waals surface area (Å²) in [5.74, 6) is 2.40. The van der Waals surface area contributed by atoms with Crippen molar-refractivity contribution in [2.24, 2.45) is 0 Å². The van der Waals surface area contributed by atoms with Crippen LogP contribution in [0.3, 0.4) is 0 Å². The molecule has 0 fully saturated rings. The maximum Gasteiger partial charge on any atom is 0.163 e. The lowest BCUT2D eigenvalue weighted by molar-refractivity contribution is 0.171. The van der Waals surface area contributed by atoms with Crippen LogP contribution in [0.4, 0.5) is 5.69 Å². The van der Waals surface area contributed by atoms with Crippen molar-refractivity contribution in [3.8, 4) is 17.2 Å². The average Bonchev–Trinajstić information content (AvgIpc) is 2.72. The van der Waals surface area contributed by atoms with Crippen LogP contribution in [0, 0.1) is 0 Å². The molecular formula is C22H20ClNO3. The van der Waals surface area contributed by atoms with E-state index in [1.807, 2.05) is 66.7 Å². The number of benzene rings is 3. The fourth-order valence-electron chi connectivity index (χ4n) is 2.91. The van der Waals surface area contributed by atoms with Crippen LogP contribution in [0.1, 0.15) is 11.1 Å². The standard InChI is InChI=1S/C22H20ClNO3/c23-19-7-3-1-6-17(19)15-27-20-8-4-2-5-16(20)14-24-18-9-10-21-22(13-18)26-12-11-25-21/h1-10,13,24H,11-12,14-15H2. The van der Waals surface area contributed by atoms with Gasteiger partial charge >= 0.3 is 0 Å². The van der Waals surface area contributed by atoms with Gasteiger partial charge in [-0.1, -0.05) is 48.0 Å². The lowest BCUT2D eigenvalue weighted by Crippen LogP contribution is -2.15. The molecule has 0 amide bonds. The van der Waals surface area contributed by atoms with E-state index < -0.39 is 0 Å². The topological polar surface area (TPSA) is 39.7 Å². The Morgan fingerprint density at radius 1 is 0.852 bits per heavy atom. The van der Waals surface area contributed by atoms with Gasteiger partial charge in [0.15, 0.2) is 11.5 Å². The van der Waals surface area contributed by atoms with Gasteiger partial charge in [0, 0.05) is 34.4 Å². The molecule has 27 heavy (non-hydrogen) atoms. The first-order valence-electron chi connectivity index (χ1n) is 8.87. The summed E-state index contributed by atoms with van der Waals surface area (Å²) in [6.45, 7) is 2.24. The Balaban J connectivity index is 1.43. The highest BCUT2D eigenvalue weighted by molar-refractivity contribution is 6.31. The minimum absolute atomic E-state index is 0.431. The zero-order valence-electron chi connectivity index (χ0n) is 14.8. The SMILES string of the molecule is Clc1ccccc1COc1ccccc1CNc1ccc2c(c1)OCCO2. The Morgan fingerprint density at radius 2 is 1.59 bits per heavy atom. The predicted molar refractivity (Wildman–Crippen MR) is 107 cm³/mol. The van der Waals surface area contributed by atoms with Crippen LogP contribution >= 0.6 is 11.6 Å². The molecule has 0 saturated heterocycles. The molecule has 0 aliphatic carbocycles. The first-order chi connectivity index (χ1) is 13.3. The van der Waals surface area contributed by atoms with E-state index in [0.717, 1.165) is 34.1 Å². The maximum atomic E-state index is 6.22. The fourth-order valence-corrected chi connectivity index (χ4v) is 3.10. The van der Waals surface area contributed by atoms with Crippen molar-refractivity contribution in [3.05, 3.63) is 82.9 Å². The number of rotatable bonds is 6. The van der Waals surface area contributed by atoms with Gasteiger partial charge in [0.1, 0.15) is 25.6 Å². The van der Waals surface area contributed by atoms with E-state index in [4.69, 9.17) is 25.8 Å². The summed E-state index contributed by atoms with van der Waals surface area (Å²) in [7, 11) is 0. The van der Waals surface area contributed by atoms with Crippen molar-refractivity contribution < 1.29 is 14.2 Å². The third kappa shape index (κ3) is 4.29. The van der Waals surface area contributed by atoms with E-state index >= 15 is 0 Å². The predicted octanol–water partition coefficient (Wildman–Crippen LogP) is 5.30. The Hall–Kier alpha value is -2.85. The normalized spacial score (nSPS) is 12.5. The van der Waals surface area contributed by atoms with Gasteiger partial charge in [-0.15, -0.1) is 0 Å². The van der Waals surface area contributed by atoms with Gasteiger partial charge in [-0.2, -0.15) is 0 Å². The molecule has 0 radical (unpaired) electrons. The Kier molecular flexibility index (Phi) is 5.35. The molecule has 138 valence electrons. The smallest absolute Gasteiger partial charge is 0.163 e. The number of hydrogen-bond acceptors (Lipinski definition) is 4. The second-order valence-electron chi connectivity index (χ2n) is 6.20. The van der Waals surface area contributed by atoms with Gasteiger partial charge in [-0.25, -0.2) is 0 Å². The van der Waals surface area contributed by atoms with E-state index in [0.29, 0.717) is 31.4 Å². The van der Waals surface area contributed by atoms with Crippen LogP contribution in [-0.2, 0) is 13.2 Å². The zero-order chi connectivity index (χ0) is 18.5. The summed E-state index contributed by atoms with van der Waals surface area (Å²) in [6, 6.07) is 21.6. The van der Waals surface area contributed by atoms with E-state index in [2.05, 4.69) is 5.32 Å². The zero-order valence-corrected chi connectivity index (χ0v) is 15.5. The second kappa shape index (κ2) is 8.23. The highest BCUT2D eigenvalue weighted by Crippen LogP contribution is 2.33. The molecule has 4 rings (SSSR count). The molecule has 3 aromatic carbocycles. The number of anilines is 1. The first-order valence-corrected chi connectivity index (χ1v) is 9.25.